The Balaban J connectivity index is 3.21. The fourth-order valence-corrected chi connectivity index (χ4v) is 1.41. The van der Waals surface area contributed by atoms with Gasteiger partial charge in [0, 0.05) is 0 Å². The van der Waals surface area contributed by atoms with Gasteiger partial charge in [0.1, 0.15) is 0 Å². The van der Waals surface area contributed by atoms with Gasteiger partial charge in [-0.25, -0.2) is 13.6 Å². The number of nitrogens with two attached hydrogens (primary N) is 1. The third-order valence-corrected chi connectivity index (χ3v) is 2.30. The van der Waals surface area contributed by atoms with E-state index in [1.54, 1.807) is 6.07 Å². The van der Waals surface area contributed by atoms with Crippen molar-refractivity contribution in [1.82, 2.24) is 0 Å². The van der Waals surface area contributed by atoms with Crippen LogP contribution in [0.15, 0.2) is 34.3 Å². The minimum atomic E-state index is -3.69. The third kappa shape index (κ3) is 2.53. The number of hydrogen-bond acceptors (Lipinski definition) is 4. The smallest absolute Gasteiger partial charge is 0.238 e. The van der Waals surface area contributed by atoms with Gasteiger partial charge < -0.3 is 5.21 Å². The number of sulfonamides is 1. The second kappa shape index (κ2) is 3.55. The lowest BCUT2D eigenvalue weighted by Gasteiger charge is -1.97. The predicted molar refractivity (Wildman–Crippen MR) is 47.2 cm³/mol. The summed E-state index contributed by atoms with van der Waals surface area (Å²) in [6.07, 6.45) is 1.12. The van der Waals surface area contributed by atoms with Gasteiger partial charge in [-0.1, -0.05) is 17.3 Å². The lowest BCUT2D eigenvalue weighted by molar-refractivity contribution is 0.322. The van der Waals surface area contributed by atoms with Gasteiger partial charge in [0.15, 0.2) is 0 Å². The zero-order valence-electron chi connectivity index (χ0n) is 6.58. The second-order valence-electron chi connectivity index (χ2n) is 2.36. The van der Waals surface area contributed by atoms with Crippen molar-refractivity contribution in [1.29, 1.82) is 0 Å². The summed E-state index contributed by atoms with van der Waals surface area (Å²) in [7, 11) is -3.69. The Morgan fingerprint density at radius 2 is 2.15 bits per heavy atom. The molecule has 0 spiro atoms. The Kier molecular flexibility index (Phi) is 2.64. The van der Waals surface area contributed by atoms with Crippen LogP contribution in [0.2, 0.25) is 0 Å². The summed E-state index contributed by atoms with van der Waals surface area (Å²) in [6, 6.07) is 5.78. The molecule has 0 unspecified atom stereocenters. The molecule has 0 amide bonds. The standard InChI is InChI=1S/C7H8N2O3S/c8-13(11,12)7-3-1-2-6(4-7)5-9-10/h1-5,10H,(H2,8,11,12)/b9-5+. The zero-order valence-corrected chi connectivity index (χ0v) is 7.40. The highest BCUT2D eigenvalue weighted by atomic mass is 32.2. The van der Waals surface area contributed by atoms with Crippen molar-refractivity contribution in [3.63, 3.8) is 0 Å². The Morgan fingerprint density at radius 3 is 2.69 bits per heavy atom. The lowest BCUT2D eigenvalue weighted by Crippen LogP contribution is -2.12. The average molecular weight is 200 g/mol. The van der Waals surface area contributed by atoms with E-state index in [1.165, 1.54) is 18.2 Å². The molecule has 1 rings (SSSR count). The van der Waals surface area contributed by atoms with Crippen LogP contribution in [0.25, 0.3) is 0 Å². The maximum atomic E-state index is 10.9. The van der Waals surface area contributed by atoms with Crippen LogP contribution in [0.4, 0.5) is 0 Å². The topological polar surface area (TPSA) is 92.8 Å². The van der Waals surface area contributed by atoms with E-state index in [0.29, 0.717) is 5.56 Å². The predicted octanol–water partition coefficient (Wildman–Crippen LogP) is 0.142. The van der Waals surface area contributed by atoms with Gasteiger partial charge >= 0.3 is 0 Å². The van der Waals surface area contributed by atoms with Gasteiger partial charge in [0.05, 0.1) is 11.1 Å². The Labute approximate surface area is 75.5 Å². The number of oxime groups is 1. The highest BCUT2D eigenvalue weighted by Gasteiger charge is 2.06. The first-order valence-corrected chi connectivity index (χ1v) is 4.89. The minimum absolute atomic E-state index is 0.00935. The van der Waals surface area contributed by atoms with Gasteiger partial charge in [-0.15, -0.1) is 0 Å². The van der Waals surface area contributed by atoms with E-state index in [9.17, 15) is 8.42 Å². The molecular formula is C7H8N2O3S. The maximum absolute atomic E-state index is 10.9. The molecule has 0 radical (unpaired) electrons. The fourth-order valence-electron chi connectivity index (χ4n) is 0.838. The Morgan fingerprint density at radius 1 is 1.46 bits per heavy atom. The molecule has 0 aromatic heterocycles. The number of nitrogens with zero attached hydrogens (tertiary/aromatic N) is 1. The molecule has 0 fully saturated rings. The van der Waals surface area contributed by atoms with Gasteiger partial charge in [0.2, 0.25) is 10.0 Å². The van der Waals surface area contributed by atoms with Crippen molar-refractivity contribution in [3.8, 4) is 0 Å². The molecular weight excluding hydrogens is 192 g/mol. The molecule has 0 atom stereocenters. The molecule has 0 bridgehead atoms. The first-order valence-electron chi connectivity index (χ1n) is 3.34. The number of primary sulfonamides is 1. The zero-order chi connectivity index (χ0) is 9.90. The van der Waals surface area contributed by atoms with E-state index in [4.69, 9.17) is 10.3 Å². The molecule has 6 heteroatoms. The van der Waals surface area contributed by atoms with E-state index in [2.05, 4.69) is 5.16 Å². The number of rotatable bonds is 2. The van der Waals surface area contributed by atoms with Crippen LogP contribution in [0.1, 0.15) is 5.56 Å². The average Bonchev–Trinajstić information content (AvgIpc) is 2.04. The Bertz CT molecular complexity index is 425. The molecule has 1 aromatic rings. The molecule has 0 saturated carbocycles. The van der Waals surface area contributed by atoms with Crippen LogP contribution in [-0.4, -0.2) is 19.8 Å². The summed E-state index contributed by atoms with van der Waals surface area (Å²) in [5, 5.41) is 15.9. The van der Waals surface area contributed by atoms with Crippen molar-refractivity contribution < 1.29 is 13.6 Å². The van der Waals surface area contributed by atoms with Crippen molar-refractivity contribution in [2.75, 3.05) is 0 Å². The van der Waals surface area contributed by atoms with Crippen LogP contribution in [0.3, 0.4) is 0 Å². The van der Waals surface area contributed by atoms with E-state index in [0.717, 1.165) is 6.21 Å². The van der Waals surface area contributed by atoms with Crippen LogP contribution >= 0.6 is 0 Å². The van der Waals surface area contributed by atoms with Crippen molar-refractivity contribution >= 4 is 16.2 Å². The Hall–Kier alpha value is -1.40. The summed E-state index contributed by atoms with van der Waals surface area (Å²) in [6.45, 7) is 0. The van der Waals surface area contributed by atoms with Gasteiger partial charge in [0.25, 0.3) is 0 Å². The molecule has 3 N–H and O–H groups in total. The van der Waals surface area contributed by atoms with E-state index in [-0.39, 0.29) is 4.90 Å². The highest BCUT2D eigenvalue weighted by Crippen LogP contribution is 2.07. The summed E-state index contributed by atoms with van der Waals surface area (Å²) in [5.74, 6) is 0. The summed E-state index contributed by atoms with van der Waals surface area (Å²) < 4.78 is 21.7. The number of hydrogen-bond donors (Lipinski definition) is 2. The first-order chi connectivity index (χ1) is 6.04. The maximum Gasteiger partial charge on any atom is 0.238 e. The van der Waals surface area contributed by atoms with Gasteiger partial charge in [-0.3, -0.25) is 0 Å². The molecule has 0 aliphatic rings. The van der Waals surface area contributed by atoms with Crippen LogP contribution in [-0.2, 0) is 10.0 Å². The normalized spacial score (nSPS) is 12.1. The highest BCUT2D eigenvalue weighted by molar-refractivity contribution is 7.89. The second-order valence-corrected chi connectivity index (χ2v) is 3.92. The summed E-state index contributed by atoms with van der Waals surface area (Å²) in [4.78, 5) is -0.00935. The molecule has 70 valence electrons. The molecule has 0 saturated heterocycles. The summed E-state index contributed by atoms with van der Waals surface area (Å²) in [5.41, 5.74) is 0.467. The largest absolute Gasteiger partial charge is 0.411 e. The van der Waals surface area contributed by atoms with E-state index in [1.807, 2.05) is 0 Å². The van der Waals surface area contributed by atoms with Crippen LogP contribution in [0.5, 0.6) is 0 Å². The van der Waals surface area contributed by atoms with E-state index >= 15 is 0 Å². The third-order valence-electron chi connectivity index (χ3n) is 1.39. The molecule has 13 heavy (non-hydrogen) atoms. The molecule has 5 nitrogen and oxygen atoms in total. The number of benzene rings is 1. The monoisotopic (exact) mass is 200 g/mol. The van der Waals surface area contributed by atoms with Gasteiger partial charge in [-0.05, 0) is 17.7 Å². The molecule has 0 aliphatic carbocycles. The first kappa shape index (κ1) is 9.69. The van der Waals surface area contributed by atoms with Crippen molar-refractivity contribution in [2.45, 2.75) is 4.90 Å². The van der Waals surface area contributed by atoms with Gasteiger partial charge in [-0.2, -0.15) is 0 Å². The minimum Gasteiger partial charge on any atom is -0.411 e. The molecule has 1 aromatic carbocycles. The fraction of sp³-hybridized carbons (Fsp3) is 0. The van der Waals surface area contributed by atoms with Crippen molar-refractivity contribution in [3.05, 3.63) is 29.8 Å². The quantitative estimate of drug-likeness (QED) is 0.404. The molecule has 0 heterocycles. The van der Waals surface area contributed by atoms with Crippen LogP contribution < -0.4 is 5.14 Å². The SMILES string of the molecule is NS(=O)(=O)c1cccc(/C=N/O)c1. The lowest BCUT2D eigenvalue weighted by atomic mass is 10.2. The van der Waals surface area contributed by atoms with Crippen molar-refractivity contribution in [2.24, 2.45) is 10.3 Å². The molecule has 0 aliphatic heterocycles. The summed E-state index contributed by atoms with van der Waals surface area (Å²) >= 11 is 0. The van der Waals surface area contributed by atoms with Crippen LogP contribution in [0, 0.1) is 0 Å². The van der Waals surface area contributed by atoms with E-state index < -0.39 is 10.0 Å².